The average molecular weight is 300 g/mol. The van der Waals surface area contributed by atoms with Gasteiger partial charge in [0.05, 0.1) is 0 Å². The fraction of sp³-hybridized carbons (Fsp3) is 0.533. The molecule has 2 rings (SSSR count). The molecule has 116 valence electrons. The quantitative estimate of drug-likeness (QED) is 0.857. The Balaban J connectivity index is 2.18. The highest BCUT2D eigenvalue weighted by molar-refractivity contribution is 5.97. The lowest BCUT2D eigenvalue weighted by atomic mass is 9.97. The van der Waals surface area contributed by atoms with Crippen LogP contribution in [-0.4, -0.2) is 43.7 Å². The summed E-state index contributed by atoms with van der Waals surface area (Å²) in [5, 5.41) is 0. The second-order valence-electron chi connectivity index (χ2n) is 5.52. The summed E-state index contributed by atoms with van der Waals surface area (Å²) >= 11 is 0. The van der Waals surface area contributed by atoms with E-state index in [0.717, 1.165) is 24.3 Å². The van der Waals surface area contributed by atoms with Gasteiger partial charge in [-0.25, -0.2) is 0 Å². The second kappa shape index (κ2) is 6.47. The zero-order valence-electron chi connectivity index (χ0n) is 11.9. The first-order chi connectivity index (χ1) is 9.88. The van der Waals surface area contributed by atoms with Gasteiger partial charge < -0.3 is 9.80 Å². The highest BCUT2D eigenvalue weighted by Crippen LogP contribution is 2.26. The number of carbonyl (C=O) groups is 1. The Morgan fingerprint density at radius 3 is 2.57 bits per heavy atom. The first-order valence-corrected chi connectivity index (χ1v) is 7.00. The van der Waals surface area contributed by atoms with Gasteiger partial charge in [0.2, 0.25) is 0 Å². The molecule has 21 heavy (non-hydrogen) atoms. The molecule has 1 saturated heterocycles. The summed E-state index contributed by atoms with van der Waals surface area (Å²) in [7, 11) is 1.95. The molecule has 0 unspecified atom stereocenters. The number of likely N-dealkylation sites (tertiary alicyclic amines) is 1. The van der Waals surface area contributed by atoms with Gasteiger partial charge in [-0.3, -0.25) is 4.79 Å². The van der Waals surface area contributed by atoms with Crippen LogP contribution in [0, 0.1) is 5.92 Å². The molecule has 1 aliphatic rings. The van der Waals surface area contributed by atoms with Gasteiger partial charge in [-0.15, -0.1) is 0 Å². The minimum absolute atomic E-state index is 0.0651. The van der Waals surface area contributed by atoms with Gasteiger partial charge in [-0.05, 0) is 44.5 Å². The Bertz CT molecular complexity index is 476. The number of rotatable bonds is 3. The smallest absolute Gasteiger partial charge is 0.306 e. The first-order valence-electron chi connectivity index (χ1n) is 7.00. The molecule has 6 heteroatoms. The molecule has 0 saturated carbocycles. The molecule has 1 aromatic carbocycles. The summed E-state index contributed by atoms with van der Waals surface area (Å²) in [6, 6.07) is 8.07. The number of carbonyl (C=O) groups excluding carboxylic acids is 1. The predicted molar refractivity (Wildman–Crippen MR) is 75.1 cm³/mol. The van der Waals surface area contributed by atoms with Crippen molar-refractivity contribution in [2.75, 3.05) is 31.6 Å². The van der Waals surface area contributed by atoms with Crippen LogP contribution in [0.1, 0.15) is 12.8 Å². The van der Waals surface area contributed by atoms with Gasteiger partial charge in [0.25, 0.3) is 0 Å². The number of amides is 1. The van der Waals surface area contributed by atoms with E-state index in [1.54, 1.807) is 18.2 Å². The van der Waals surface area contributed by atoms with Crippen LogP contribution in [-0.2, 0) is 4.79 Å². The Kier molecular flexibility index (Phi) is 4.88. The van der Waals surface area contributed by atoms with Crippen molar-refractivity contribution >= 4 is 11.6 Å². The van der Waals surface area contributed by atoms with Gasteiger partial charge in [-0.1, -0.05) is 18.2 Å². The Labute approximate surface area is 122 Å². The van der Waals surface area contributed by atoms with Crippen molar-refractivity contribution in [3.63, 3.8) is 0 Å². The largest absolute Gasteiger partial charge is 0.471 e. The number of para-hydroxylation sites is 1. The number of benzene rings is 1. The van der Waals surface area contributed by atoms with E-state index in [1.165, 1.54) is 12.1 Å². The van der Waals surface area contributed by atoms with Crippen molar-refractivity contribution in [1.29, 1.82) is 0 Å². The van der Waals surface area contributed by atoms with Gasteiger partial charge in [0, 0.05) is 18.8 Å². The van der Waals surface area contributed by atoms with Gasteiger partial charge in [0.1, 0.15) is 0 Å². The van der Waals surface area contributed by atoms with E-state index in [1.807, 2.05) is 7.05 Å². The molecule has 0 aromatic heterocycles. The van der Waals surface area contributed by atoms with Crippen molar-refractivity contribution in [2.45, 2.75) is 19.0 Å². The third-order valence-electron chi connectivity index (χ3n) is 3.72. The number of nitrogens with zero attached hydrogens (tertiary/aromatic N) is 2. The maximum Gasteiger partial charge on any atom is 0.471 e. The SMILES string of the molecule is CN1CCC[C@@H](CN(C(=O)C(F)(F)F)c2ccccc2)C1. The molecule has 0 aliphatic carbocycles. The Morgan fingerprint density at radius 1 is 1.33 bits per heavy atom. The van der Waals surface area contributed by atoms with Crippen molar-refractivity contribution in [3.05, 3.63) is 30.3 Å². The van der Waals surface area contributed by atoms with Gasteiger partial charge in [-0.2, -0.15) is 13.2 Å². The lowest BCUT2D eigenvalue weighted by molar-refractivity contribution is -0.170. The van der Waals surface area contributed by atoms with Crippen LogP contribution < -0.4 is 4.90 Å². The van der Waals surface area contributed by atoms with Crippen LogP contribution in [0.15, 0.2) is 30.3 Å². The van der Waals surface area contributed by atoms with E-state index in [-0.39, 0.29) is 12.5 Å². The normalized spacial score (nSPS) is 20.3. The molecular formula is C15H19F3N2O. The summed E-state index contributed by atoms with van der Waals surface area (Å²) in [5.41, 5.74) is 0.299. The molecule has 1 aliphatic heterocycles. The van der Waals surface area contributed by atoms with Crippen molar-refractivity contribution in [2.24, 2.45) is 5.92 Å². The molecule has 3 nitrogen and oxygen atoms in total. The monoisotopic (exact) mass is 300 g/mol. The first kappa shape index (κ1) is 15.8. The van der Waals surface area contributed by atoms with Crippen molar-refractivity contribution in [3.8, 4) is 0 Å². The Morgan fingerprint density at radius 2 is 2.00 bits per heavy atom. The third-order valence-corrected chi connectivity index (χ3v) is 3.72. The van der Waals surface area contributed by atoms with Crippen LogP contribution in [0.25, 0.3) is 0 Å². The summed E-state index contributed by atoms with van der Waals surface area (Å²) in [4.78, 5) is 14.7. The zero-order chi connectivity index (χ0) is 15.5. The molecule has 0 bridgehead atoms. The van der Waals surface area contributed by atoms with E-state index >= 15 is 0 Å². The summed E-state index contributed by atoms with van der Waals surface area (Å²) < 4.78 is 38.4. The van der Waals surface area contributed by atoms with E-state index < -0.39 is 12.1 Å². The van der Waals surface area contributed by atoms with Gasteiger partial charge >= 0.3 is 12.1 Å². The molecular weight excluding hydrogens is 281 g/mol. The number of hydrogen-bond acceptors (Lipinski definition) is 2. The third kappa shape index (κ3) is 4.20. The minimum atomic E-state index is -4.85. The summed E-state index contributed by atoms with van der Waals surface area (Å²) in [6.45, 7) is 1.77. The van der Waals surface area contributed by atoms with E-state index in [0.29, 0.717) is 12.2 Å². The molecule has 1 aromatic rings. The molecule has 0 radical (unpaired) electrons. The lowest BCUT2D eigenvalue weighted by Gasteiger charge is -2.34. The number of piperidine rings is 1. The van der Waals surface area contributed by atoms with Crippen LogP contribution in [0.4, 0.5) is 18.9 Å². The van der Waals surface area contributed by atoms with Crippen molar-refractivity contribution < 1.29 is 18.0 Å². The van der Waals surface area contributed by atoms with Crippen molar-refractivity contribution in [1.82, 2.24) is 4.90 Å². The highest BCUT2D eigenvalue weighted by Gasteiger charge is 2.43. The minimum Gasteiger partial charge on any atom is -0.306 e. The van der Waals surface area contributed by atoms with Crippen LogP contribution in [0.2, 0.25) is 0 Å². The number of halogens is 3. The highest BCUT2D eigenvalue weighted by atomic mass is 19.4. The standard InChI is InChI=1S/C15H19F3N2O/c1-19-9-5-6-12(10-19)11-20(14(21)15(16,17)18)13-7-3-2-4-8-13/h2-4,7-8,12H,5-6,9-11H2,1H3/t12-/m1/s1. The summed E-state index contributed by atoms with van der Waals surface area (Å²) in [5.74, 6) is -1.72. The molecule has 1 fully saturated rings. The lowest BCUT2D eigenvalue weighted by Crippen LogP contribution is -2.46. The van der Waals surface area contributed by atoms with E-state index in [4.69, 9.17) is 0 Å². The summed E-state index contributed by atoms with van der Waals surface area (Å²) in [6.07, 6.45) is -3.06. The van der Waals surface area contributed by atoms with E-state index in [2.05, 4.69) is 4.90 Å². The fourth-order valence-corrected chi connectivity index (χ4v) is 2.75. The molecule has 1 heterocycles. The molecule has 1 atom stereocenters. The number of hydrogen-bond donors (Lipinski definition) is 0. The number of alkyl halides is 3. The van der Waals surface area contributed by atoms with Gasteiger partial charge in [0.15, 0.2) is 0 Å². The molecule has 1 amide bonds. The number of anilines is 1. The molecule has 0 spiro atoms. The molecule has 0 N–H and O–H groups in total. The zero-order valence-corrected chi connectivity index (χ0v) is 11.9. The maximum atomic E-state index is 12.8. The van der Waals surface area contributed by atoms with Crippen LogP contribution in [0.3, 0.4) is 0 Å². The van der Waals surface area contributed by atoms with E-state index in [9.17, 15) is 18.0 Å². The van der Waals surface area contributed by atoms with Crippen LogP contribution in [0.5, 0.6) is 0 Å². The average Bonchev–Trinajstić information content (AvgIpc) is 2.44. The Hall–Kier alpha value is -1.56. The second-order valence-corrected chi connectivity index (χ2v) is 5.52. The van der Waals surface area contributed by atoms with Crippen LogP contribution >= 0.6 is 0 Å². The maximum absolute atomic E-state index is 12.8. The topological polar surface area (TPSA) is 23.6 Å². The predicted octanol–water partition coefficient (Wildman–Crippen LogP) is 2.92. The fourth-order valence-electron chi connectivity index (χ4n) is 2.75.